The third kappa shape index (κ3) is 6.81. The van der Waals surface area contributed by atoms with Crippen LogP contribution < -0.4 is 10.6 Å². The van der Waals surface area contributed by atoms with Gasteiger partial charge in [0, 0.05) is 48.6 Å². The molecule has 0 amide bonds. The molecule has 1 atom stereocenters. The van der Waals surface area contributed by atoms with Crippen LogP contribution in [0, 0.1) is 0 Å². The topological polar surface area (TPSA) is 76.1 Å². The Hall–Kier alpha value is -1.21. The molecule has 0 bridgehead atoms. The molecule has 0 saturated carbocycles. The second kappa shape index (κ2) is 9.66. The minimum Gasteiger partial charge on any atom is -0.374 e. The summed E-state index contributed by atoms with van der Waals surface area (Å²) >= 11 is 0. The summed E-state index contributed by atoms with van der Waals surface area (Å²) < 4.78 is 16.4. The van der Waals surface area contributed by atoms with Crippen LogP contribution in [0.5, 0.6) is 0 Å². The van der Waals surface area contributed by atoms with Crippen molar-refractivity contribution in [1.82, 2.24) is 9.97 Å². The molecule has 0 aliphatic carbocycles. The Balaban J connectivity index is 2.71. The van der Waals surface area contributed by atoms with Gasteiger partial charge < -0.3 is 15.4 Å². The lowest BCUT2D eigenvalue weighted by atomic mass is 10.4. The van der Waals surface area contributed by atoms with E-state index in [1.54, 1.807) is 6.26 Å². The fourth-order valence-corrected chi connectivity index (χ4v) is 1.90. The number of nitrogens with one attached hydrogen (secondary N) is 2. The van der Waals surface area contributed by atoms with E-state index in [9.17, 15) is 4.21 Å². The zero-order valence-corrected chi connectivity index (χ0v) is 13.3. The Bertz CT molecular complexity index is 403. The van der Waals surface area contributed by atoms with Gasteiger partial charge in [0.2, 0.25) is 0 Å². The molecule has 7 heteroatoms. The third-order valence-electron chi connectivity index (χ3n) is 2.46. The third-order valence-corrected chi connectivity index (χ3v) is 3.24. The molecule has 1 unspecified atom stereocenters. The second-order valence-corrected chi connectivity index (χ2v) is 5.88. The molecular formula is C13H24N4O2S. The first-order chi connectivity index (χ1) is 9.65. The number of hydrogen-bond donors (Lipinski definition) is 2. The number of anilines is 2. The quantitative estimate of drug-likeness (QED) is 0.684. The maximum atomic E-state index is 11.1. The maximum Gasteiger partial charge on any atom is 0.158 e. The van der Waals surface area contributed by atoms with Crippen LogP contribution in [0.4, 0.5) is 11.6 Å². The SMILES string of the molecule is CCCNc1cc(NCCS(C)=O)nc(COCC)n1. The first-order valence-electron chi connectivity index (χ1n) is 6.89. The highest BCUT2D eigenvalue weighted by Crippen LogP contribution is 2.12. The van der Waals surface area contributed by atoms with Gasteiger partial charge in [-0.2, -0.15) is 0 Å². The second-order valence-electron chi connectivity index (χ2n) is 4.32. The predicted molar refractivity (Wildman–Crippen MR) is 83.6 cm³/mol. The molecule has 1 aromatic heterocycles. The van der Waals surface area contributed by atoms with Crippen molar-refractivity contribution in [2.45, 2.75) is 26.9 Å². The molecule has 0 fully saturated rings. The highest BCUT2D eigenvalue weighted by atomic mass is 32.2. The lowest BCUT2D eigenvalue weighted by Gasteiger charge is -2.10. The van der Waals surface area contributed by atoms with E-state index in [4.69, 9.17) is 4.74 Å². The van der Waals surface area contributed by atoms with Crippen molar-refractivity contribution in [3.63, 3.8) is 0 Å². The van der Waals surface area contributed by atoms with Gasteiger partial charge in [0.05, 0.1) is 0 Å². The van der Waals surface area contributed by atoms with Crippen molar-refractivity contribution in [3.05, 3.63) is 11.9 Å². The molecule has 0 aliphatic rings. The van der Waals surface area contributed by atoms with Crippen LogP contribution in [0.1, 0.15) is 26.1 Å². The van der Waals surface area contributed by atoms with Crippen molar-refractivity contribution >= 4 is 22.4 Å². The molecule has 0 radical (unpaired) electrons. The molecular weight excluding hydrogens is 276 g/mol. The monoisotopic (exact) mass is 300 g/mol. The van der Waals surface area contributed by atoms with Crippen LogP contribution in [0.25, 0.3) is 0 Å². The maximum absolute atomic E-state index is 11.1. The van der Waals surface area contributed by atoms with E-state index in [1.165, 1.54) is 0 Å². The van der Waals surface area contributed by atoms with Gasteiger partial charge in [0.25, 0.3) is 0 Å². The van der Waals surface area contributed by atoms with E-state index >= 15 is 0 Å². The zero-order chi connectivity index (χ0) is 14.8. The van der Waals surface area contributed by atoms with Crippen LogP contribution in [-0.2, 0) is 22.1 Å². The zero-order valence-electron chi connectivity index (χ0n) is 12.4. The summed E-state index contributed by atoms with van der Waals surface area (Å²) in [7, 11) is -0.806. The van der Waals surface area contributed by atoms with Crippen LogP contribution in [0.3, 0.4) is 0 Å². The molecule has 6 nitrogen and oxygen atoms in total. The first-order valence-corrected chi connectivity index (χ1v) is 8.61. The standard InChI is InChI=1S/C13H24N4O2S/c1-4-6-14-11-9-12(15-7-8-20(3)18)17-13(16-11)10-19-5-2/h9H,4-8,10H2,1-3H3,(H2,14,15,16,17). The number of nitrogens with zero attached hydrogens (tertiary/aromatic N) is 2. The van der Waals surface area contributed by atoms with Crippen LogP contribution in [0.2, 0.25) is 0 Å². The molecule has 2 N–H and O–H groups in total. The Labute approximate surface area is 123 Å². The Morgan fingerprint density at radius 1 is 1.20 bits per heavy atom. The van der Waals surface area contributed by atoms with Gasteiger partial charge >= 0.3 is 0 Å². The highest BCUT2D eigenvalue weighted by molar-refractivity contribution is 7.84. The van der Waals surface area contributed by atoms with Gasteiger partial charge in [-0.25, -0.2) is 9.97 Å². The molecule has 1 aromatic rings. The van der Waals surface area contributed by atoms with Gasteiger partial charge in [-0.15, -0.1) is 0 Å². The van der Waals surface area contributed by atoms with Crippen molar-refractivity contribution < 1.29 is 8.95 Å². The van der Waals surface area contributed by atoms with Gasteiger partial charge in [-0.3, -0.25) is 4.21 Å². The van der Waals surface area contributed by atoms with E-state index in [0.29, 0.717) is 31.3 Å². The summed E-state index contributed by atoms with van der Waals surface area (Å²) in [6, 6.07) is 1.86. The molecule has 1 heterocycles. The molecule has 0 spiro atoms. The predicted octanol–water partition coefficient (Wildman–Crippen LogP) is 1.63. The van der Waals surface area contributed by atoms with E-state index in [-0.39, 0.29) is 0 Å². The van der Waals surface area contributed by atoms with E-state index < -0.39 is 10.8 Å². The van der Waals surface area contributed by atoms with Crippen LogP contribution in [-0.4, -0.2) is 45.9 Å². The normalized spacial score (nSPS) is 12.2. The van der Waals surface area contributed by atoms with Crippen molar-refractivity contribution in [2.24, 2.45) is 0 Å². The minimum absolute atomic E-state index is 0.395. The summed E-state index contributed by atoms with van der Waals surface area (Å²) in [6.45, 7) is 6.56. The number of rotatable bonds is 10. The van der Waals surface area contributed by atoms with Crippen LogP contribution >= 0.6 is 0 Å². The van der Waals surface area contributed by atoms with Crippen molar-refractivity contribution in [2.75, 3.05) is 42.3 Å². The first kappa shape index (κ1) is 16.8. The van der Waals surface area contributed by atoms with Crippen LogP contribution in [0.15, 0.2) is 6.07 Å². The van der Waals surface area contributed by atoms with Gasteiger partial charge in [0.1, 0.15) is 18.2 Å². The number of aromatic nitrogens is 2. The summed E-state index contributed by atoms with van der Waals surface area (Å²) in [5.41, 5.74) is 0. The van der Waals surface area contributed by atoms with Gasteiger partial charge in [0.15, 0.2) is 5.82 Å². The smallest absolute Gasteiger partial charge is 0.158 e. The summed E-state index contributed by atoms with van der Waals surface area (Å²) in [5, 5.41) is 6.41. The molecule has 114 valence electrons. The summed E-state index contributed by atoms with van der Waals surface area (Å²) in [4.78, 5) is 8.79. The van der Waals surface area contributed by atoms with Gasteiger partial charge in [-0.05, 0) is 13.3 Å². The number of ether oxygens (including phenoxy) is 1. The summed E-state index contributed by atoms with van der Waals surface area (Å²) in [5.74, 6) is 2.77. The molecule has 1 rings (SSSR count). The Morgan fingerprint density at radius 3 is 2.40 bits per heavy atom. The fraction of sp³-hybridized carbons (Fsp3) is 0.692. The average Bonchev–Trinajstić information content (AvgIpc) is 2.42. The highest BCUT2D eigenvalue weighted by Gasteiger charge is 2.05. The lowest BCUT2D eigenvalue weighted by Crippen LogP contribution is -2.13. The average molecular weight is 300 g/mol. The lowest BCUT2D eigenvalue weighted by molar-refractivity contribution is 0.128. The molecule has 0 saturated heterocycles. The minimum atomic E-state index is -0.806. The van der Waals surface area contributed by atoms with E-state index in [2.05, 4.69) is 27.5 Å². The molecule has 0 aromatic carbocycles. The number of hydrogen-bond acceptors (Lipinski definition) is 6. The molecule has 0 aliphatic heterocycles. The van der Waals surface area contributed by atoms with Crippen molar-refractivity contribution in [1.29, 1.82) is 0 Å². The van der Waals surface area contributed by atoms with Crippen molar-refractivity contribution in [3.8, 4) is 0 Å². The fourth-order valence-electron chi connectivity index (χ4n) is 1.51. The van der Waals surface area contributed by atoms with Gasteiger partial charge in [-0.1, -0.05) is 6.92 Å². The van der Waals surface area contributed by atoms with E-state index in [0.717, 1.165) is 24.6 Å². The Morgan fingerprint density at radius 2 is 1.85 bits per heavy atom. The Kier molecular flexibility index (Phi) is 8.13. The molecule has 20 heavy (non-hydrogen) atoms. The largest absolute Gasteiger partial charge is 0.374 e. The summed E-state index contributed by atoms with van der Waals surface area (Å²) in [6.07, 6.45) is 2.72. The van der Waals surface area contributed by atoms with E-state index in [1.807, 2.05) is 13.0 Å².